The van der Waals surface area contributed by atoms with Gasteiger partial charge in [-0.1, -0.05) is 12.1 Å². The molecule has 120 valence electrons. The van der Waals surface area contributed by atoms with Gasteiger partial charge in [0.1, 0.15) is 12.7 Å². The van der Waals surface area contributed by atoms with Crippen molar-refractivity contribution >= 4 is 18.3 Å². The summed E-state index contributed by atoms with van der Waals surface area (Å²) >= 11 is 0. The number of benzene rings is 1. The van der Waals surface area contributed by atoms with E-state index in [-0.39, 0.29) is 24.4 Å². The van der Waals surface area contributed by atoms with E-state index in [0.29, 0.717) is 6.42 Å². The highest BCUT2D eigenvalue weighted by molar-refractivity contribution is 5.85. The Balaban J connectivity index is 0.00000242. The summed E-state index contributed by atoms with van der Waals surface area (Å²) in [5, 5.41) is 10.1. The molecule has 7 heteroatoms. The molecule has 0 radical (unpaired) electrons. The molecule has 2 rings (SSSR count). The Morgan fingerprint density at radius 3 is 2.64 bits per heavy atom. The average Bonchev–Trinajstić information content (AvgIpc) is 3.02. The first-order valence-electron chi connectivity index (χ1n) is 7.09. The zero-order valence-corrected chi connectivity index (χ0v) is 13.6. The van der Waals surface area contributed by atoms with Crippen molar-refractivity contribution in [2.75, 3.05) is 13.6 Å². The SMILES string of the molecule is CNCCCC(=O)NC(C)c1ccc(-n2cncn2)cc1.Cl. The fourth-order valence-corrected chi connectivity index (χ4v) is 2.08. The van der Waals surface area contributed by atoms with E-state index >= 15 is 0 Å². The van der Waals surface area contributed by atoms with Crippen LogP contribution in [-0.4, -0.2) is 34.3 Å². The third-order valence-corrected chi connectivity index (χ3v) is 3.28. The number of carbonyl (C=O) groups is 1. The molecule has 1 atom stereocenters. The lowest BCUT2D eigenvalue weighted by molar-refractivity contribution is -0.121. The van der Waals surface area contributed by atoms with Crippen LogP contribution in [0.2, 0.25) is 0 Å². The number of nitrogens with one attached hydrogen (secondary N) is 2. The largest absolute Gasteiger partial charge is 0.350 e. The van der Waals surface area contributed by atoms with Gasteiger partial charge in [-0.05, 0) is 44.6 Å². The maximum atomic E-state index is 11.8. The summed E-state index contributed by atoms with van der Waals surface area (Å²) in [5.41, 5.74) is 2.02. The molecule has 1 heterocycles. The van der Waals surface area contributed by atoms with Gasteiger partial charge in [-0.2, -0.15) is 5.10 Å². The van der Waals surface area contributed by atoms with E-state index in [4.69, 9.17) is 0 Å². The maximum Gasteiger partial charge on any atom is 0.220 e. The van der Waals surface area contributed by atoms with Crippen molar-refractivity contribution in [1.29, 1.82) is 0 Å². The van der Waals surface area contributed by atoms with Gasteiger partial charge in [0, 0.05) is 6.42 Å². The van der Waals surface area contributed by atoms with Gasteiger partial charge in [0.15, 0.2) is 0 Å². The van der Waals surface area contributed by atoms with Crippen LogP contribution in [0.3, 0.4) is 0 Å². The molecule has 1 unspecified atom stereocenters. The second-order valence-electron chi connectivity index (χ2n) is 4.93. The average molecular weight is 324 g/mol. The second-order valence-corrected chi connectivity index (χ2v) is 4.93. The third-order valence-electron chi connectivity index (χ3n) is 3.28. The van der Waals surface area contributed by atoms with Gasteiger partial charge in [0.25, 0.3) is 0 Å². The van der Waals surface area contributed by atoms with Crippen molar-refractivity contribution in [3.8, 4) is 5.69 Å². The normalized spacial score (nSPS) is 11.5. The zero-order chi connectivity index (χ0) is 15.1. The summed E-state index contributed by atoms with van der Waals surface area (Å²) in [5.74, 6) is 0.0816. The summed E-state index contributed by atoms with van der Waals surface area (Å²) in [6.45, 7) is 2.84. The van der Waals surface area contributed by atoms with Crippen LogP contribution in [0.15, 0.2) is 36.9 Å². The van der Waals surface area contributed by atoms with E-state index < -0.39 is 0 Å². The highest BCUT2D eigenvalue weighted by Gasteiger charge is 2.09. The standard InChI is InChI=1S/C15H21N5O.ClH/c1-12(19-15(21)4-3-9-16-2)13-5-7-14(8-6-13)20-11-17-10-18-20;/h5-8,10-12,16H,3-4,9H2,1-2H3,(H,19,21);1H. The van der Waals surface area contributed by atoms with E-state index in [2.05, 4.69) is 20.7 Å². The Bertz CT molecular complexity index is 556. The van der Waals surface area contributed by atoms with Crippen molar-refractivity contribution in [3.63, 3.8) is 0 Å². The Hall–Kier alpha value is -1.92. The molecule has 22 heavy (non-hydrogen) atoms. The maximum absolute atomic E-state index is 11.8. The molecular weight excluding hydrogens is 302 g/mol. The number of halogens is 1. The van der Waals surface area contributed by atoms with Gasteiger partial charge < -0.3 is 10.6 Å². The predicted octanol–water partition coefficient (Wildman–Crippen LogP) is 1.87. The van der Waals surface area contributed by atoms with Gasteiger partial charge in [-0.15, -0.1) is 12.4 Å². The number of aromatic nitrogens is 3. The lowest BCUT2D eigenvalue weighted by Gasteiger charge is -2.15. The van der Waals surface area contributed by atoms with Crippen LogP contribution in [0.5, 0.6) is 0 Å². The Morgan fingerprint density at radius 1 is 1.32 bits per heavy atom. The van der Waals surface area contributed by atoms with Crippen LogP contribution in [-0.2, 0) is 4.79 Å². The lowest BCUT2D eigenvalue weighted by Crippen LogP contribution is -2.27. The number of rotatable bonds is 7. The molecule has 0 spiro atoms. The number of nitrogens with zero attached hydrogens (tertiary/aromatic N) is 3. The molecule has 0 aliphatic rings. The van der Waals surface area contributed by atoms with E-state index in [1.165, 1.54) is 6.33 Å². The summed E-state index contributed by atoms with van der Waals surface area (Å²) in [6, 6.07) is 7.92. The number of hydrogen-bond donors (Lipinski definition) is 2. The molecule has 2 aromatic rings. The van der Waals surface area contributed by atoms with Crippen LogP contribution in [0, 0.1) is 0 Å². The molecule has 0 bridgehead atoms. The highest BCUT2D eigenvalue weighted by Crippen LogP contribution is 2.15. The minimum absolute atomic E-state index is 0. The fourth-order valence-electron chi connectivity index (χ4n) is 2.08. The molecule has 0 aliphatic carbocycles. The summed E-state index contributed by atoms with van der Waals surface area (Å²) in [4.78, 5) is 15.7. The van der Waals surface area contributed by atoms with Crippen LogP contribution < -0.4 is 10.6 Å². The molecule has 1 aromatic carbocycles. The second kappa shape index (κ2) is 9.17. The van der Waals surface area contributed by atoms with Gasteiger partial charge in [0.05, 0.1) is 11.7 Å². The van der Waals surface area contributed by atoms with Crippen LogP contribution in [0.25, 0.3) is 5.69 Å². The van der Waals surface area contributed by atoms with Gasteiger partial charge in [-0.3, -0.25) is 4.79 Å². The molecule has 1 amide bonds. The van der Waals surface area contributed by atoms with E-state index in [0.717, 1.165) is 24.2 Å². The minimum atomic E-state index is -0.00289. The van der Waals surface area contributed by atoms with Crippen molar-refractivity contribution < 1.29 is 4.79 Å². The molecule has 0 saturated heterocycles. The first-order valence-corrected chi connectivity index (χ1v) is 7.09. The van der Waals surface area contributed by atoms with Crippen molar-refractivity contribution in [3.05, 3.63) is 42.5 Å². The van der Waals surface area contributed by atoms with Gasteiger partial charge in [-0.25, -0.2) is 9.67 Å². The Kier molecular flexibility index (Phi) is 7.56. The fraction of sp³-hybridized carbons (Fsp3) is 0.400. The van der Waals surface area contributed by atoms with Crippen LogP contribution >= 0.6 is 12.4 Å². The van der Waals surface area contributed by atoms with E-state index in [1.54, 1.807) is 11.0 Å². The third kappa shape index (κ3) is 5.13. The highest BCUT2D eigenvalue weighted by atomic mass is 35.5. The summed E-state index contributed by atoms with van der Waals surface area (Å²) in [6.07, 6.45) is 4.55. The quantitative estimate of drug-likeness (QED) is 0.763. The summed E-state index contributed by atoms with van der Waals surface area (Å²) < 4.78 is 1.70. The smallest absolute Gasteiger partial charge is 0.220 e. The zero-order valence-electron chi connectivity index (χ0n) is 12.8. The molecule has 1 aromatic heterocycles. The van der Waals surface area contributed by atoms with E-state index in [9.17, 15) is 4.79 Å². The van der Waals surface area contributed by atoms with Crippen molar-refractivity contribution in [1.82, 2.24) is 25.4 Å². The first kappa shape index (κ1) is 18.1. The van der Waals surface area contributed by atoms with Crippen molar-refractivity contribution in [2.24, 2.45) is 0 Å². The molecule has 6 nitrogen and oxygen atoms in total. The number of carbonyl (C=O) groups excluding carboxylic acids is 1. The lowest BCUT2D eigenvalue weighted by atomic mass is 10.1. The number of amides is 1. The van der Waals surface area contributed by atoms with Gasteiger partial charge >= 0.3 is 0 Å². The first-order chi connectivity index (χ1) is 10.2. The molecule has 0 fully saturated rings. The molecule has 0 aliphatic heterocycles. The minimum Gasteiger partial charge on any atom is -0.350 e. The predicted molar refractivity (Wildman–Crippen MR) is 88.3 cm³/mol. The van der Waals surface area contributed by atoms with Crippen LogP contribution in [0.4, 0.5) is 0 Å². The van der Waals surface area contributed by atoms with E-state index in [1.807, 2.05) is 38.2 Å². The van der Waals surface area contributed by atoms with Gasteiger partial charge in [0.2, 0.25) is 5.91 Å². The molecular formula is C15H22ClN5O. The summed E-state index contributed by atoms with van der Waals surface area (Å²) in [7, 11) is 1.89. The Labute approximate surface area is 136 Å². The number of hydrogen-bond acceptors (Lipinski definition) is 4. The van der Waals surface area contributed by atoms with Crippen LogP contribution in [0.1, 0.15) is 31.4 Å². The van der Waals surface area contributed by atoms with Crippen molar-refractivity contribution in [2.45, 2.75) is 25.8 Å². The Morgan fingerprint density at radius 2 is 2.05 bits per heavy atom. The molecule has 0 saturated carbocycles. The monoisotopic (exact) mass is 323 g/mol. The molecule has 2 N–H and O–H groups in total. The topological polar surface area (TPSA) is 71.8 Å².